The van der Waals surface area contributed by atoms with Crippen LogP contribution in [0, 0.1) is 0 Å². The molecule has 1 aliphatic heterocycles. The summed E-state index contributed by atoms with van der Waals surface area (Å²) in [5, 5.41) is 4.01. The maximum atomic E-state index is 12.7. The number of hydrogen-bond acceptors (Lipinski definition) is 5. The topological polar surface area (TPSA) is 72.1 Å². The quantitative estimate of drug-likeness (QED) is 0.679. The third-order valence-corrected chi connectivity index (χ3v) is 4.67. The first-order valence-corrected chi connectivity index (χ1v) is 8.49. The zero-order valence-electron chi connectivity index (χ0n) is 14.1. The second-order valence-electron chi connectivity index (χ2n) is 6.28. The Morgan fingerprint density at radius 2 is 1.96 bits per heavy atom. The third kappa shape index (κ3) is 3.39. The van der Waals surface area contributed by atoms with Crippen LogP contribution in [-0.2, 0) is 4.79 Å². The van der Waals surface area contributed by atoms with E-state index in [4.69, 9.17) is 4.52 Å². The summed E-state index contributed by atoms with van der Waals surface area (Å²) in [6.07, 6.45) is 8.15. The number of hydrogen-bond donors (Lipinski definition) is 0. The molecular weight excluding hydrogens is 328 g/mol. The van der Waals surface area contributed by atoms with Crippen LogP contribution in [0.2, 0.25) is 0 Å². The van der Waals surface area contributed by atoms with E-state index in [-0.39, 0.29) is 17.7 Å². The average molecular weight is 346 g/mol. The highest BCUT2D eigenvalue weighted by atomic mass is 16.5. The lowest BCUT2D eigenvalue weighted by Crippen LogP contribution is -2.27. The van der Waals surface area contributed by atoms with Crippen LogP contribution in [0.3, 0.4) is 0 Å². The number of carbonyl (C=O) groups is 1. The second-order valence-corrected chi connectivity index (χ2v) is 6.28. The molecule has 2 atom stereocenters. The molecule has 1 fully saturated rings. The molecule has 0 aliphatic carbocycles. The van der Waals surface area contributed by atoms with E-state index in [0.29, 0.717) is 18.9 Å². The van der Waals surface area contributed by atoms with Gasteiger partial charge in [-0.25, -0.2) is 0 Å². The van der Waals surface area contributed by atoms with Crippen LogP contribution < -0.4 is 0 Å². The van der Waals surface area contributed by atoms with Crippen LogP contribution >= 0.6 is 0 Å². The van der Waals surface area contributed by atoms with E-state index in [0.717, 1.165) is 5.56 Å². The minimum atomic E-state index is -0.0271. The van der Waals surface area contributed by atoms with Gasteiger partial charge in [-0.3, -0.25) is 9.78 Å². The fourth-order valence-electron chi connectivity index (χ4n) is 3.37. The Balaban J connectivity index is 1.55. The van der Waals surface area contributed by atoms with Gasteiger partial charge in [0.1, 0.15) is 0 Å². The van der Waals surface area contributed by atoms with E-state index >= 15 is 0 Å². The van der Waals surface area contributed by atoms with Crippen molar-refractivity contribution in [3.63, 3.8) is 0 Å². The number of aromatic nitrogens is 3. The summed E-state index contributed by atoms with van der Waals surface area (Å²) in [4.78, 5) is 22.8. The van der Waals surface area contributed by atoms with Crippen molar-refractivity contribution in [3.8, 4) is 0 Å². The van der Waals surface area contributed by atoms with E-state index in [1.807, 2.05) is 35.2 Å². The smallest absolute Gasteiger partial charge is 0.246 e. The molecule has 26 heavy (non-hydrogen) atoms. The molecule has 0 radical (unpaired) electrons. The number of carbonyl (C=O) groups excluding carboxylic acids is 1. The normalized spacial score (nSPS) is 19.9. The Bertz CT molecular complexity index is 879. The standard InChI is InChI=1S/C20H18N4O2/c25-19(9-8-15-5-4-10-21-11-15)24-12-17(16-6-2-1-3-7-16)18(13-24)20-22-14-26-23-20/h1-11,14,17-18H,12-13H2/b9-8+. The van der Waals surface area contributed by atoms with Crippen molar-refractivity contribution in [2.24, 2.45) is 0 Å². The SMILES string of the molecule is O=C(/C=C/c1cccnc1)N1CC(c2ccccc2)C(c2ncon2)C1. The number of pyridine rings is 1. The molecular formula is C20H18N4O2. The first kappa shape index (κ1) is 16.2. The Morgan fingerprint density at radius 3 is 2.69 bits per heavy atom. The highest BCUT2D eigenvalue weighted by Crippen LogP contribution is 2.38. The van der Waals surface area contributed by atoms with Crippen LogP contribution in [0.4, 0.5) is 0 Å². The van der Waals surface area contributed by atoms with Gasteiger partial charge in [-0.15, -0.1) is 0 Å². The molecule has 1 amide bonds. The van der Waals surface area contributed by atoms with Gasteiger partial charge in [-0.2, -0.15) is 4.98 Å². The maximum Gasteiger partial charge on any atom is 0.246 e. The lowest BCUT2D eigenvalue weighted by atomic mass is 9.88. The van der Waals surface area contributed by atoms with Crippen molar-refractivity contribution in [1.29, 1.82) is 0 Å². The molecule has 0 saturated carbocycles. The monoisotopic (exact) mass is 346 g/mol. The Labute approximate surface area is 151 Å². The van der Waals surface area contributed by atoms with Gasteiger partial charge in [0.05, 0.1) is 0 Å². The van der Waals surface area contributed by atoms with Gasteiger partial charge in [0.2, 0.25) is 12.3 Å². The van der Waals surface area contributed by atoms with Crippen LogP contribution in [0.25, 0.3) is 6.08 Å². The molecule has 1 saturated heterocycles. The summed E-state index contributed by atoms with van der Waals surface area (Å²) >= 11 is 0. The molecule has 3 aromatic rings. The highest BCUT2D eigenvalue weighted by Gasteiger charge is 2.38. The number of nitrogens with zero attached hydrogens (tertiary/aromatic N) is 4. The van der Waals surface area contributed by atoms with Crippen molar-refractivity contribution in [1.82, 2.24) is 20.0 Å². The molecule has 1 aliphatic rings. The molecule has 6 heteroatoms. The van der Waals surface area contributed by atoms with Crippen LogP contribution in [-0.4, -0.2) is 39.0 Å². The minimum Gasteiger partial charge on any atom is -0.343 e. The van der Waals surface area contributed by atoms with E-state index in [9.17, 15) is 4.79 Å². The molecule has 6 nitrogen and oxygen atoms in total. The van der Waals surface area contributed by atoms with Crippen molar-refractivity contribution >= 4 is 12.0 Å². The van der Waals surface area contributed by atoms with Crippen molar-refractivity contribution in [3.05, 3.63) is 84.3 Å². The second kappa shape index (κ2) is 7.31. The maximum absolute atomic E-state index is 12.7. The molecule has 1 aromatic carbocycles. The molecule has 3 heterocycles. The predicted molar refractivity (Wildman–Crippen MR) is 96.1 cm³/mol. The third-order valence-electron chi connectivity index (χ3n) is 4.67. The summed E-state index contributed by atoms with van der Waals surface area (Å²) in [6.45, 7) is 1.19. The Morgan fingerprint density at radius 1 is 1.12 bits per heavy atom. The van der Waals surface area contributed by atoms with Crippen molar-refractivity contribution < 1.29 is 9.32 Å². The Hall–Kier alpha value is -3.28. The van der Waals surface area contributed by atoms with Crippen molar-refractivity contribution in [2.45, 2.75) is 11.8 Å². The van der Waals surface area contributed by atoms with Crippen LogP contribution in [0.5, 0.6) is 0 Å². The zero-order valence-corrected chi connectivity index (χ0v) is 14.1. The molecule has 0 bridgehead atoms. The van der Waals surface area contributed by atoms with Gasteiger partial charge >= 0.3 is 0 Å². The fourth-order valence-corrected chi connectivity index (χ4v) is 3.37. The zero-order chi connectivity index (χ0) is 17.8. The fraction of sp³-hybridized carbons (Fsp3) is 0.200. The first-order chi connectivity index (χ1) is 12.8. The first-order valence-electron chi connectivity index (χ1n) is 8.49. The molecule has 0 N–H and O–H groups in total. The largest absolute Gasteiger partial charge is 0.343 e. The van der Waals surface area contributed by atoms with E-state index in [1.54, 1.807) is 24.5 Å². The predicted octanol–water partition coefficient (Wildman–Crippen LogP) is 2.89. The van der Waals surface area contributed by atoms with E-state index in [2.05, 4.69) is 27.3 Å². The molecule has 130 valence electrons. The van der Waals surface area contributed by atoms with E-state index in [1.165, 1.54) is 12.0 Å². The summed E-state index contributed by atoms with van der Waals surface area (Å²) in [5.74, 6) is 0.780. The number of rotatable bonds is 4. The lowest BCUT2D eigenvalue weighted by Gasteiger charge is -2.15. The number of benzene rings is 1. The minimum absolute atomic E-state index is 0.0203. The van der Waals surface area contributed by atoms with Gasteiger partial charge in [-0.05, 0) is 23.3 Å². The summed E-state index contributed by atoms with van der Waals surface area (Å²) in [7, 11) is 0. The average Bonchev–Trinajstić information content (AvgIpc) is 3.37. The number of amides is 1. The molecule has 2 unspecified atom stereocenters. The lowest BCUT2D eigenvalue weighted by molar-refractivity contribution is -0.125. The van der Waals surface area contributed by atoms with Gasteiger partial charge in [0.25, 0.3) is 0 Å². The van der Waals surface area contributed by atoms with Gasteiger partial charge in [0.15, 0.2) is 5.82 Å². The van der Waals surface area contributed by atoms with Crippen molar-refractivity contribution in [2.75, 3.05) is 13.1 Å². The highest BCUT2D eigenvalue weighted by molar-refractivity contribution is 5.92. The summed E-state index contributed by atoms with van der Waals surface area (Å²) in [6, 6.07) is 13.9. The van der Waals surface area contributed by atoms with E-state index < -0.39 is 0 Å². The van der Waals surface area contributed by atoms with Gasteiger partial charge in [-0.1, -0.05) is 41.6 Å². The summed E-state index contributed by atoms with van der Waals surface area (Å²) in [5.41, 5.74) is 2.07. The number of likely N-dealkylation sites (tertiary alicyclic amines) is 1. The molecule has 0 spiro atoms. The molecule has 2 aromatic heterocycles. The van der Waals surface area contributed by atoms with Gasteiger partial charge in [0, 0.05) is 43.4 Å². The van der Waals surface area contributed by atoms with Crippen LogP contribution in [0.15, 0.2) is 71.9 Å². The van der Waals surface area contributed by atoms with Crippen LogP contribution in [0.1, 0.15) is 28.8 Å². The molecule has 4 rings (SSSR count). The summed E-state index contributed by atoms with van der Waals surface area (Å²) < 4.78 is 4.93. The Kier molecular flexibility index (Phi) is 4.55. The van der Waals surface area contributed by atoms with Gasteiger partial charge < -0.3 is 9.42 Å².